The summed E-state index contributed by atoms with van der Waals surface area (Å²) in [4.78, 5) is 2.01. The smallest absolute Gasteiger partial charge is 0.294 e. The van der Waals surface area contributed by atoms with Crippen LogP contribution in [0.3, 0.4) is 0 Å². The number of halogens is 4. The van der Waals surface area contributed by atoms with Crippen molar-refractivity contribution in [1.82, 2.24) is 9.21 Å². The molecule has 0 N–H and O–H groups in total. The number of hydrogen-bond donors (Lipinski definition) is 0. The quantitative estimate of drug-likeness (QED) is 0.722. The first-order valence-corrected chi connectivity index (χ1v) is 11.0. The van der Waals surface area contributed by atoms with Gasteiger partial charge in [0, 0.05) is 31.2 Å². The summed E-state index contributed by atoms with van der Waals surface area (Å²) in [5.74, 6) is 0. The van der Waals surface area contributed by atoms with Crippen molar-refractivity contribution in [3.63, 3.8) is 0 Å². The van der Waals surface area contributed by atoms with Crippen molar-refractivity contribution in [2.75, 3.05) is 13.1 Å². The van der Waals surface area contributed by atoms with Crippen molar-refractivity contribution in [3.8, 4) is 0 Å². The Kier molecular flexibility index (Phi) is 5.83. The maximum absolute atomic E-state index is 13.1. The summed E-state index contributed by atoms with van der Waals surface area (Å²) in [5, 5.41) is -0.502. The van der Waals surface area contributed by atoms with Gasteiger partial charge in [0.25, 0.3) is 0 Å². The van der Waals surface area contributed by atoms with E-state index in [9.17, 15) is 21.6 Å². The van der Waals surface area contributed by atoms with Crippen molar-refractivity contribution in [2.45, 2.75) is 68.7 Å². The van der Waals surface area contributed by atoms with Crippen LogP contribution in [0.4, 0.5) is 13.2 Å². The summed E-state index contributed by atoms with van der Waals surface area (Å²) in [6, 6.07) is 3.67. The Hall–Kier alpha value is -0.830. The average Bonchev–Trinajstić information content (AvgIpc) is 2.92. The van der Waals surface area contributed by atoms with Crippen molar-refractivity contribution in [3.05, 3.63) is 28.8 Å². The van der Waals surface area contributed by atoms with E-state index in [2.05, 4.69) is 18.7 Å². The molecule has 3 rings (SSSR count). The minimum atomic E-state index is -4.70. The van der Waals surface area contributed by atoms with Crippen molar-refractivity contribution in [1.29, 1.82) is 0 Å². The Morgan fingerprint density at radius 2 is 1.74 bits per heavy atom. The third-order valence-corrected chi connectivity index (χ3v) is 7.87. The van der Waals surface area contributed by atoms with Gasteiger partial charge in [-0.3, -0.25) is 4.90 Å². The molecule has 0 aliphatic carbocycles. The second-order valence-corrected chi connectivity index (χ2v) is 9.87. The first-order chi connectivity index (χ1) is 12.5. The number of alkyl halides is 3. The lowest BCUT2D eigenvalue weighted by molar-refractivity contribution is -0.137. The number of rotatable bonds is 3. The Morgan fingerprint density at radius 3 is 2.33 bits per heavy atom. The Bertz CT molecular complexity index is 790. The van der Waals surface area contributed by atoms with Crippen LogP contribution in [0.15, 0.2) is 23.1 Å². The fourth-order valence-electron chi connectivity index (χ4n) is 4.35. The molecule has 9 heteroatoms. The van der Waals surface area contributed by atoms with Crippen LogP contribution in [0.25, 0.3) is 0 Å². The normalized spacial score (nSPS) is 28.6. The van der Waals surface area contributed by atoms with Crippen LogP contribution in [0.1, 0.15) is 45.1 Å². The van der Waals surface area contributed by atoms with Crippen LogP contribution in [-0.4, -0.2) is 48.8 Å². The fraction of sp³-hybridized carbons (Fsp3) is 0.667. The molecule has 152 valence electrons. The molecule has 1 aromatic carbocycles. The van der Waals surface area contributed by atoms with Gasteiger partial charge in [0.2, 0.25) is 10.0 Å². The largest absolute Gasteiger partial charge is 0.417 e. The lowest BCUT2D eigenvalue weighted by Gasteiger charge is -2.41. The minimum absolute atomic E-state index is 0.0930. The Labute approximate surface area is 163 Å². The summed E-state index contributed by atoms with van der Waals surface area (Å²) in [6.07, 6.45) is -0.949. The molecule has 2 fully saturated rings. The van der Waals surface area contributed by atoms with Crippen molar-refractivity contribution in [2.24, 2.45) is 0 Å². The number of likely N-dealkylation sites (tertiary alicyclic amines) is 1. The lowest BCUT2D eigenvalue weighted by atomic mass is 10.0. The monoisotopic (exact) mass is 424 g/mol. The average molecular weight is 425 g/mol. The van der Waals surface area contributed by atoms with Gasteiger partial charge in [-0.15, -0.1) is 0 Å². The third-order valence-electron chi connectivity index (χ3n) is 5.68. The van der Waals surface area contributed by atoms with Gasteiger partial charge in [0.15, 0.2) is 0 Å². The van der Waals surface area contributed by atoms with E-state index in [1.165, 1.54) is 4.31 Å². The van der Waals surface area contributed by atoms with Crippen molar-refractivity contribution >= 4 is 21.6 Å². The number of piperidine rings is 1. The summed E-state index contributed by atoms with van der Waals surface area (Å²) >= 11 is 5.62. The van der Waals surface area contributed by atoms with Crippen molar-refractivity contribution < 1.29 is 21.6 Å². The molecule has 1 aromatic rings. The van der Waals surface area contributed by atoms with Crippen LogP contribution in [-0.2, 0) is 16.2 Å². The molecule has 4 nitrogen and oxygen atoms in total. The SMILES string of the molecule is CC1CCC(C)N1C1CCCN(S(=O)(=O)c2ccc(Cl)c(C(F)(F)F)c2)C1. The fourth-order valence-corrected chi connectivity index (χ4v) is 6.12. The number of nitrogens with zero attached hydrogens (tertiary/aromatic N) is 2. The summed E-state index contributed by atoms with van der Waals surface area (Å²) in [6.45, 7) is 4.91. The molecule has 2 aliphatic heterocycles. The molecule has 0 spiro atoms. The highest BCUT2D eigenvalue weighted by molar-refractivity contribution is 7.89. The predicted molar refractivity (Wildman–Crippen MR) is 98.2 cm³/mol. The highest BCUT2D eigenvalue weighted by Crippen LogP contribution is 2.37. The maximum atomic E-state index is 13.1. The van der Waals surface area contributed by atoms with Crippen LogP contribution in [0.5, 0.6) is 0 Å². The molecular weight excluding hydrogens is 401 g/mol. The Morgan fingerprint density at radius 1 is 1.11 bits per heavy atom. The van der Waals surface area contributed by atoms with E-state index in [0.717, 1.165) is 31.4 Å². The molecule has 2 aliphatic rings. The molecule has 0 amide bonds. The molecule has 0 radical (unpaired) electrons. The van der Waals surface area contributed by atoms with Crippen LogP contribution < -0.4 is 0 Å². The maximum Gasteiger partial charge on any atom is 0.417 e. The highest BCUT2D eigenvalue weighted by atomic mass is 35.5. The molecule has 0 bridgehead atoms. The molecule has 0 aromatic heterocycles. The minimum Gasteiger partial charge on any atom is -0.294 e. The number of benzene rings is 1. The molecule has 27 heavy (non-hydrogen) atoms. The third kappa shape index (κ3) is 4.13. The van der Waals surface area contributed by atoms with Gasteiger partial charge in [0.05, 0.1) is 15.5 Å². The number of hydrogen-bond acceptors (Lipinski definition) is 3. The molecule has 3 atom stereocenters. The highest BCUT2D eigenvalue weighted by Gasteiger charge is 2.40. The van der Waals surface area contributed by atoms with E-state index in [1.807, 2.05) is 0 Å². The van der Waals surface area contributed by atoms with Crippen LogP contribution in [0, 0.1) is 0 Å². The van der Waals surface area contributed by atoms with E-state index >= 15 is 0 Å². The zero-order chi connectivity index (χ0) is 20.0. The standard InChI is InChI=1S/C18H24ClF3N2O2S/c1-12-5-6-13(2)24(12)14-4-3-9-23(11-14)27(25,26)15-7-8-17(19)16(10-15)18(20,21)22/h7-8,10,12-14H,3-6,9,11H2,1-2H3. The van der Waals surface area contributed by atoms with E-state index in [1.54, 1.807) is 0 Å². The van der Waals surface area contributed by atoms with Gasteiger partial charge in [0.1, 0.15) is 0 Å². The van der Waals surface area contributed by atoms with E-state index in [0.29, 0.717) is 37.7 Å². The van der Waals surface area contributed by atoms with Gasteiger partial charge in [-0.25, -0.2) is 8.42 Å². The van der Waals surface area contributed by atoms with Gasteiger partial charge < -0.3 is 0 Å². The summed E-state index contributed by atoms with van der Waals surface area (Å²) < 4.78 is 66.7. The molecular formula is C18H24ClF3N2O2S. The van der Waals surface area contributed by atoms with E-state index in [4.69, 9.17) is 11.6 Å². The van der Waals surface area contributed by atoms with E-state index < -0.39 is 26.8 Å². The second kappa shape index (κ2) is 7.54. The van der Waals surface area contributed by atoms with Gasteiger partial charge in [-0.05, 0) is 57.7 Å². The zero-order valence-electron chi connectivity index (χ0n) is 15.3. The van der Waals surface area contributed by atoms with E-state index in [-0.39, 0.29) is 10.9 Å². The molecule has 3 unspecified atom stereocenters. The van der Waals surface area contributed by atoms with Gasteiger partial charge in [-0.1, -0.05) is 11.6 Å². The topological polar surface area (TPSA) is 40.6 Å². The first kappa shape index (κ1) is 20.9. The molecule has 2 saturated heterocycles. The first-order valence-electron chi connectivity index (χ1n) is 9.16. The van der Waals surface area contributed by atoms with Crippen LogP contribution >= 0.6 is 11.6 Å². The zero-order valence-corrected chi connectivity index (χ0v) is 16.9. The van der Waals surface area contributed by atoms with Gasteiger partial charge >= 0.3 is 6.18 Å². The number of sulfonamides is 1. The van der Waals surface area contributed by atoms with Gasteiger partial charge in [-0.2, -0.15) is 17.5 Å². The lowest BCUT2D eigenvalue weighted by Crippen LogP contribution is -2.52. The second-order valence-electron chi connectivity index (χ2n) is 7.52. The summed E-state index contributed by atoms with van der Waals surface area (Å²) in [5.41, 5.74) is -1.12. The predicted octanol–water partition coefficient (Wildman–Crippen LogP) is 4.38. The Balaban J connectivity index is 1.87. The van der Waals surface area contributed by atoms with Crippen LogP contribution in [0.2, 0.25) is 5.02 Å². The summed E-state index contributed by atoms with van der Waals surface area (Å²) in [7, 11) is -4.01. The molecule has 0 saturated carbocycles. The molecule has 2 heterocycles.